The fraction of sp³-hybridized carbons (Fsp3) is 0.308. The van der Waals surface area contributed by atoms with Crippen LogP contribution in [0, 0.1) is 5.82 Å². The smallest absolute Gasteiger partial charge is 0.289 e. The summed E-state index contributed by atoms with van der Waals surface area (Å²) in [5.41, 5.74) is 2.54. The van der Waals surface area contributed by atoms with Crippen LogP contribution in [0.2, 0.25) is 0 Å². The minimum Gasteiger partial charge on any atom is -0.459 e. The summed E-state index contributed by atoms with van der Waals surface area (Å²) >= 11 is 0. The first-order valence-corrected chi connectivity index (χ1v) is 11.2. The molecule has 8 heteroatoms. The van der Waals surface area contributed by atoms with Gasteiger partial charge in [-0.1, -0.05) is 6.07 Å². The topological polar surface area (TPSA) is 75.0 Å². The maximum atomic E-state index is 13.5. The Labute approximate surface area is 198 Å². The quantitative estimate of drug-likeness (QED) is 0.528. The molecule has 0 aliphatic carbocycles. The molecule has 1 aliphatic heterocycles. The standard InChI is InChI=1S/C26H28FN3O4/c1-29(2)23-11-10-21(28-25(31)18-6-3-7-20(27)14-18)15-19(23)16-30(17-22-8-4-12-33-22)26(32)24-9-5-13-34-24/h3,5-7,9-11,13-15,22H,4,8,12,16-17H2,1-2H3,(H,28,31). The Kier molecular flexibility index (Phi) is 7.27. The number of furan rings is 1. The number of benzene rings is 2. The van der Waals surface area contributed by atoms with Crippen molar-refractivity contribution >= 4 is 23.2 Å². The molecule has 1 fully saturated rings. The predicted octanol–water partition coefficient (Wildman–Crippen LogP) is 4.56. The molecule has 0 bridgehead atoms. The Morgan fingerprint density at radius 2 is 1.97 bits per heavy atom. The number of carbonyl (C=O) groups excluding carboxylic acids is 2. The molecule has 1 atom stereocenters. The van der Waals surface area contributed by atoms with Crippen molar-refractivity contribution in [1.29, 1.82) is 0 Å². The third kappa shape index (κ3) is 5.63. The summed E-state index contributed by atoms with van der Waals surface area (Å²) in [7, 11) is 3.84. The molecule has 3 aromatic rings. The van der Waals surface area contributed by atoms with Crippen LogP contribution in [0.25, 0.3) is 0 Å². The SMILES string of the molecule is CN(C)c1ccc(NC(=O)c2cccc(F)c2)cc1CN(CC1CCCO1)C(=O)c1ccco1. The van der Waals surface area contributed by atoms with Crippen LogP contribution in [0.4, 0.5) is 15.8 Å². The van der Waals surface area contributed by atoms with Gasteiger partial charge in [0.05, 0.1) is 12.4 Å². The molecule has 7 nitrogen and oxygen atoms in total. The van der Waals surface area contributed by atoms with Crippen LogP contribution in [-0.2, 0) is 11.3 Å². The van der Waals surface area contributed by atoms with Gasteiger partial charge >= 0.3 is 0 Å². The molecule has 1 unspecified atom stereocenters. The highest BCUT2D eigenvalue weighted by molar-refractivity contribution is 6.04. The van der Waals surface area contributed by atoms with Crippen molar-refractivity contribution in [3.8, 4) is 0 Å². The molecule has 0 saturated carbocycles. The van der Waals surface area contributed by atoms with Gasteiger partial charge in [-0.3, -0.25) is 9.59 Å². The number of anilines is 2. The molecule has 4 rings (SSSR count). The largest absolute Gasteiger partial charge is 0.459 e. The van der Waals surface area contributed by atoms with E-state index in [4.69, 9.17) is 9.15 Å². The Bertz CT molecular complexity index is 1140. The fourth-order valence-corrected chi connectivity index (χ4v) is 4.07. The molecule has 0 radical (unpaired) electrons. The van der Waals surface area contributed by atoms with Gasteiger partial charge in [-0.2, -0.15) is 0 Å². The van der Waals surface area contributed by atoms with Crippen LogP contribution in [0.15, 0.2) is 65.3 Å². The number of ether oxygens (including phenoxy) is 1. The summed E-state index contributed by atoms with van der Waals surface area (Å²) in [5.74, 6) is -0.845. The second-order valence-corrected chi connectivity index (χ2v) is 8.50. The van der Waals surface area contributed by atoms with E-state index in [1.807, 2.05) is 31.1 Å². The van der Waals surface area contributed by atoms with Crippen molar-refractivity contribution < 1.29 is 23.1 Å². The highest BCUT2D eigenvalue weighted by atomic mass is 19.1. The third-order valence-electron chi connectivity index (χ3n) is 5.73. The second kappa shape index (κ2) is 10.5. The molecule has 2 heterocycles. The molecule has 2 aromatic carbocycles. The van der Waals surface area contributed by atoms with E-state index in [-0.39, 0.29) is 23.3 Å². The molecule has 1 saturated heterocycles. The molecule has 1 N–H and O–H groups in total. The van der Waals surface area contributed by atoms with Gasteiger partial charge in [-0.05, 0) is 66.9 Å². The summed E-state index contributed by atoms with van der Waals surface area (Å²) in [6.07, 6.45) is 3.31. The number of halogens is 1. The number of amides is 2. The number of hydrogen-bond donors (Lipinski definition) is 1. The lowest BCUT2D eigenvalue weighted by atomic mass is 10.1. The maximum absolute atomic E-state index is 13.5. The van der Waals surface area contributed by atoms with Crippen molar-refractivity contribution in [1.82, 2.24) is 4.90 Å². The first-order chi connectivity index (χ1) is 16.4. The molecule has 0 spiro atoms. The van der Waals surface area contributed by atoms with Crippen molar-refractivity contribution in [2.24, 2.45) is 0 Å². The monoisotopic (exact) mass is 465 g/mol. The molecule has 1 aliphatic rings. The zero-order valence-corrected chi connectivity index (χ0v) is 19.3. The Balaban J connectivity index is 1.60. The lowest BCUT2D eigenvalue weighted by Crippen LogP contribution is -2.37. The van der Waals surface area contributed by atoms with Gasteiger partial charge < -0.3 is 24.3 Å². The van der Waals surface area contributed by atoms with E-state index in [1.165, 1.54) is 24.5 Å². The van der Waals surface area contributed by atoms with Gasteiger partial charge in [0.25, 0.3) is 11.8 Å². The molecule has 178 valence electrons. The number of carbonyl (C=O) groups is 2. The van der Waals surface area contributed by atoms with E-state index in [9.17, 15) is 14.0 Å². The Hall–Kier alpha value is -3.65. The van der Waals surface area contributed by atoms with E-state index < -0.39 is 11.7 Å². The van der Waals surface area contributed by atoms with Crippen molar-refractivity contribution in [3.05, 3.63) is 83.6 Å². The van der Waals surface area contributed by atoms with E-state index in [0.29, 0.717) is 25.4 Å². The maximum Gasteiger partial charge on any atom is 0.289 e. The predicted molar refractivity (Wildman–Crippen MR) is 128 cm³/mol. The van der Waals surface area contributed by atoms with Crippen molar-refractivity contribution in [3.63, 3.8) is 0 Å². The molecule has 1 aromatic heterocycles. The van der Waals surface area contributed by atoms with Crippen LogP contribution < -0.4 is 10.2 Å². The minimum absolute atomic E-state index is 0.0300. The second-order valence-electron chi connectivity index (χ2n) is 8.50. The van der Waals surface area contributed by atoms with Gasteiger partial charge in [0.1, 0.15) is 5.82 Å². The summed E-state index contributed by atoms with van der Waals surface area (Å²) in [6.45, 7) is 1.43. The number of hydrogen-bond acceptors (Lipinski definition) is 5. The van der Waals surface area contributed by atoms with Crippen LogP contribution in [0.3, 0.4) is 0 Å². The zero-order valence-electron chi connectivity index (χ0n) is 19.3. The number of nitrogens with one attached hydrogen (secondary N) is 1. The average Bonchev–Trinajstić information content (AvgIpc) is 3.53. The average molecular weight is 466 g/mol. The summed E-state index contributed by atoms with van der Waals surface area (Å²) in [6, 6.07) is 14.4. The third-order valence-corrected chi connectivity index (χ3v) is 5.73. The lowest BCUT2D eigenvalue weighted by Gasteiger charge is -2.27. The first kappa shape index (κ1) is 23.5. The van der Waals surface area contributed by atoms with Crippen LogP contribution in [0.5, 0.6) is 0 Å². The summed E-state index contributed by atoms with van der Waals surface area (Å²) in [5, 5.41) is 2.82. The number of nitrogens with zero attached hydrogens (tertiary/aromatic N) is 2. The highest BCUT2D eigenvalue weighted by Gasteiger charge is 2.26. The van der Waals surface area contributed by atoms with Crippen LogP contribution in [-0.4, -0.2) is 50.1 Å². The minimum atomic E-state index is -0.475. The highest BCUT2D eigenvalue weighted by Crippen LogP contribution is 2.27. The Morgan fingerprint density at radius 1 is 1.12 bits per heavy atom. The lowest BCUT2D eigenvalue weighted by molar-refractivity contribution is 0.0484. The van der Waals surface area contributed by atoms with E-state index in [2.05, 4.69) is 5.32 Å². The zero-order chi connectivity index (χ0) is 24.1. The first-order valence-electron chi connectivity index (χ1n) is 11.2. The van der Waals surface area contributed by atoms with Crippen LogP contribution in [0.1, 0.15) is 39.3 Å². The van der Waals surface area contributed by atoms with Gasteiger partial charge in [0.2, 0.25) is 0 Å². The summed E-state index contributed by atoms with van der Waals surface area (Å²) < 4.78 is 24.7. The molecular weight excluding hydrogens is 437 g/mol. The normalized spacial score (nSPS) is 15.2. The van der Waals surface area contributed by atoms with Crippen LogP contribution >= 0.6 is 0 Å². The molecular formula is C26H28FN3O4. The van der Waals surface area contributed by atoms with Gasteiger partial charge in [-0.15, -0.1) is 0 Å². The van der Waals surface area contributed by atoms with E-state index in [0.717, 1.165) is 24.1 Å². The van der Waals surface area contributed by atoms with Gasteiger partial charge in [-0.25, -0.2) is 4.39 Å². The van der Waals surface area contributed by atoms with E-state index >= 15 is 0 Å². The van der Waals surface area contributed by atoms with E-state index in [1.54, 1.807) is 29.2 Å². The number of rotatable bonds is 8. The summed E-state index contributed by atoms with van der Waals surface area (Å²) in [4.78, 5) is 29.5. The Morgan fingerprint density at radius 3 is 2.65 bits per heavy atom. The van der Waals surface area contributed by atoms with Gasteiger partial charge in [0.15, 0.2) is 5.76 Å². The molecule has 2 amide bonds. The van der Waals surface area contributed by atoms with Crippen molar-refractivity contribution in [2.45, 2.75) is 25.5 Å². The molecule has 34 heavy (non-hydrogen) atoms. The van der Waals surface area contributed by atoms with Gasteiger partial charge in [0, 0.05) is 50.7 Å². The fourth-order valence-electron chi connectivity index (χ4n) is 4.07. The van der Waals surface area contributed by atoms with Crippen molar-refractivity contribution in [2.75, 3.05) is 37.5 Å².